The van der Waals surface area contributed by atoms with Crippen molar-refractivity contribution in [3.05, 3.63) is 52.9 Å². The van der Waals surface area contributed by atoms with Crippen molar-refractivity contribution in [1.82, 2.24) is 25.7 Å². The summed E-state index contributed by atoms with van der Waals surface area (Å²) in [6.07, 6.45) is 1.43. The Labute approximate surface area is 247 Å². The third-order valence-electron chi connectivity index (χ3n) is 7.55. The molecule has 2 aromatic carbocycles. The predicted octanol–water partition coefficient (Wildman–Crippen LogP) is 2.92. The van der Waals surface area contributed by atoms with Gasteiger partial charge in [0.05, 0.1) is 27.3 Å². The first-order valence-corrected chi connectivity index (χ1v) is 14.2. The molecule has 0 fully saturated rings. The number of nitrogens with zero attached hydrogens (tertiary/aromatic N) is 4. The van der Waals surface area contributed by atoms with Crippen LogP contribution in [0, 0.1) is 13.8 Å². The monoisotopic (exact) mass is 578 g/mol. The van der Waals surface area contributed by atoms with Crippen molar-refractivity contribution in [2.24, 2.45) is 0 Å². The summed E-state index contributed by atoms with van der Waals surface area (Å²) >= 11 is 0. The Morgan fingerprint density at radius 1 is 1.02 bits per heavy atom. The highest BCUT2D eigenvalue weighted by atomic mass is 16.5. The van der Waals surface area contributed by atoms with Crippen molar-refractivity contribution in [1.29, 1.82) is 0 Å². The molecule has 0 spiro atoms. The zero-order valence-corrected chi connectivity index (χ0v) is 25.6. The molecular formula is C31H42N6O5. The van der Waals surface area contributed by atoms with Crippen LogP contribution >= 0.6 is 0 Å². The van der Waals surface area contributed by atoms with Crippen molar-refractivity contribution in [3.8, 4) is 22.9 Å². The van der Waals surface area contributed by atoms with Crippen LogP contribution in [0.5, 0.6) is 11.5 Å². The molecule has 0 radical (unpaired) electrons. The third kappa shape index (κ3) is 7.39. The van der Waals surface area contributed by atoms with Gasteiger partial charge in [-0.1, -0.05) is 31.1 Å². The maximum atomic E-state index is 13.8. The molecule has 0 unspecified atom stereocenters. The maximum absolute atomic E-state index is 13.8. The van der Waals surface area contributed by atoms with Crippen LogP contribution in [0.3, 0.4) is 0 Å². The topological polar surface area (TPSA) is 122 Å². The van der Waals surface area contributed by atoms with Crippen LogP contribution in [0.1, 0.15) is 36.4 Å². The lowest BCUT2D eigenvalue weighted by Gasteiger charge is -2.30. The van der Waals surface area contributed by atoms with Crippen LogP contribution in [0.25, 0.3) is 11.4 Å². The van der Waals surface area contributed by atoms with Crippen LogP contribution in [0.15, 0.2) is 34.9 Å². The number of ether oxygens (including phenoxy) is 2. The summed E-state index contributed by atoms with van der Waals surface area (Å²) in [5, 5.41) is 10.3. The quantitative estimate of drug-likeness (QED) is 0.295. The molecule has 1 aliphatic rings. The Morgan fingerprint density at radius 2 is 1.69 bits per heavy atom. The number of carbonyl (C=O) groups excluding carboxylic acids is 2. The first-order valence-electron chi connectivity index (χ1n) is 14.2. The fraction of sp³-hybridized carbons (Fsp3) is 0.484. The van der Waals surface area contributed by atoms with Gasteiger partial charge in [0.25, 0.3) is 0 Å². The van der Waals surface area contributed by atoms with Crippen LogP contribution < -0.4 is 25.0 Å². The van der Waals surface area contributed by atoms with Crippen LogP contribution in [0.2, 0.25) is 0 Å². The minimum Gasteiger partial charge on any atom is -0.493 e. The lowest BCUT2D eigenvalue weighted by molar-refractivity contribution is -0.130. The number of benzene rings is 2. The van der Waals surface area contributed by atoms with E-state index in [1.807, 2.05) is 49.2 Å². The average molecular weight is 579 g/mol. The minimum atomic E-state index is -0.163. The van der Waals surface area contributed by atoms with E-state index >= 15 is 0 Å². The molecule has 1 heterocycles. The molecule has 0 bridgehead atoms. The molecule has 1 aromatic heterocycles. The highest BCUT2D eigenvalue weighted by Gasteiger charge is 2.30. The van der Waals surface area contributed by atoms with Crippen LogP contribution in [-0.4, -0.2) is 86.4 Å². The molecule has 226 valence electrons. The Bertz CT molecular complexity index is 1370. The number of amides is 2. The molecule has 1 aliphatic carbocycles. The van der Waals surface area contributed by atoms with Gasteiger partial charge in [-0.3, -0.25) is 9.59 Å². The zero-order chi connectivity index (χ0) is 30.4. The lowest BCUT2D eigenvalue weighted by Crippen LogP contribution is -2.47. The summed E-state index contributed by atoms with van der Waals surface area (Å²) in [6, 6.07) is 10.1. The molecule has 2 amide bonds. The number of rotatable bonds is 13. The average Bonchev–Trinajstić information content (AvgIpc) is 3.59. The standard InChI is InChI=1S/C31H42N6O5/c1-19(2)32-10-11-33-29(38)17-37(26-14-22(9-8-20(26)3)31-34-21(4)42-35-31)18-30(39)36(5)25-12-23-15-27(40-6)28(41-7)16-24(23)13-25/h8-9,14-16,19,25,32H,10-13,17-18H2,1-7H3,(H,33,38). The number of nitrogens with one attached hydrogen (secondary N) is 2. The molecule has 0 atom stereocenters. The lowest BCUT2D eigenvalue weighted by atomic mass is 10.1. The number of likely N-dealkylation sites (N-methyl/N-ethyl adjacent to an activating group) is 1. The van der Waals surface area contributed by atoms with Crippen molar-refractivity contribution in [2.75, 3.05) is 52.3 Å². The van der Waals surface area contributed by atoms with E-state index in [0.717, 1.165) is 27.9 Å². The predicted molar refractivity (Wildman–Crippen MR) is 161 cm³/mol. The number of aryl methyl sites for hydroxylation is 2. The van der Waals surface area contributed by atoms with E-state index in [9.17, 15) is 9.59 Å². The van der Waals surface area contributed by atoms with E-state index in [1.54, 1.807) is 26.0 Å². The van der Waals surface area contributed by atoms with E-state index < -0.39 is 0 Å². The van der Waals surface area contributed by atoms with Gasteiger partial charge >= 0.3 is 0 Å². The summed E-state index contributed by atoms with van der Waals surface area (Å²) in [5.74, 6) is 2.03. The highest BCUT2D eigenvalue weighted by Crippen LogP contribution is 2.36. The first kappa shape index (κ1) is 30.8. The van der Waals surface area contributed by atoms with Crippen molar-refractivity contribution in [2.45, 2.75) is 52.6 Å². The second kappa shape index (κ2) is 13.7. The van der Waals surface area contributed by atoms with Gasteiger partial charge in [0.2, 0.25) is 23.5 Å². The third-order valence-corrected chi connectivity index (χ3v) is 7.55. The van der Waals surface area contributed by atoms with Crippen LogP contribution in [-0.2, 0) is 22.4 Å². The molecule has 2 N–H and O–H groups in total. The fourth-order valence-electron chi connectivity index (χ4n) is 5.20. The Balaban J connectivity index is 1.53. The number of anilines is 1. The van der Waals surface area contributed by atoms with E-state index in [4.69, 9.17) is 14.0 Å². The summed E-state index contributed by atoms with van der Waals surface area (Å²) < 4.78 is 16.1. The Kier molecular flexibility index (Phi) is 10.1. The smallest absolute Gasteiger partial charge is 0.242 e. The molecule has 3 aromatic rings. The Morgan fingerprint density at radius 3 is 2.26 bits per heavy atom. The maximum Gasteiger partial charge on any atom is 0.242 e. The van der Waals surface area contributed by atoms with E-state index in [0.29, 0.717) is 55.2 Å². The molecule has 4 rings (SSSR count). The molecule has 42 heavy (non-hydrogen) atoms. The van der Waals surface area contributed by atoms with Crippen LogP contribution in [0.4, 0.5) is 5.69 Å². The fourth-order valence-corrected chi connectivity index (χ4v) is 5.20. The number of fused-ring (bicyclic) bond motifs is 1. The first-order chi connectivity index (χ1) is 20.1. The van der Waals surface area contributed by atoms with Gasteiger partial charge in [-0.25, -0.2) is 0 Å². The molecule has 11 heteroatoms. The molecule has 0 aliphatic heterocycles. The second-order valence-electron chi connectivity index (χ2n) is 11.0. The van der Waals surface area contributed by atoms with E-state index in [2.05, 4.69) is 34.6 Å². The highest BCUT2D eigenvalue weighted by molar-refractivity contribution is 5.87. The number of hydrogen-bond acceptors (Lipinski definition) is 9. The van der Waals surface area contributed by atoms with Gasteiger partial charge in [0.15, 0.2) is 11.5 Å². The zero-order valence-electron chi connectivity index (χ0n) is 25.6. The molecule has 0 saturated carbocycles. The Hall–Kier alpha value is -4.12. The summed E-state index contributed by atoms with van der Waals surface area (Å²) in [5.41, 5.74) is 4.71. The minimum absolute atomic E-state index is 0.0168. The normalized spacial score (nSPS) is 12.8. The van der Waals surface area contributed by atoms with Crippen molar-refractivity contribution < 1.29 is 23.6 Å². The van der Waals surface area contributed by atoms with Gasteiger partial charge in [0.1, 0.15) is 0 Å². The second-order valence-corrected chi connectivity index (χ2v) is 11.0. The summed E-state index contributed by atoms with van der Waals surface area (Å²) in [6.45, 7) is 9.02. The summed E-state index contributed by atoms with van der Waals surface area (Å²) in [4.78, 5) is 34.8. The van der Waals surface area contributed by atoms with Gasteiger partial charge in [-0.2, -0.15) is 4.98 Å². The van der Waals surface area contributed by atoms with E-state index in [1.165, 1.54) is 0 Å². The number of aromatic nitrogens is 2. The van der Waals surface area contributed by atoms with Gasteiger partial charge in [-0.15, -0.1) is 0 Å². The molecular weight excluding hydrogens is 536 g/mol. The molecule has 0 saturated heterocycles. The SMILES string of the molecule is COc1cc2c(cc1OC)CC(N(C)C(=O)CN(CC(=O)NCCNC(C)C)c1cc(-c3noc(C)n3)ccc1C)C2. The number of methoxy groups -OCH3 is 2. The number of carbonyl (C=O) groups is 2. The van der Waals surface area contributed by atoms with Gasteiger partial charge < -0.3 is 34.4 Å². The van der Waals surface area contributed by atoms with Crippen molar-refractivity contribution >= 4 is 17.5 Å². The molecule has 11 nitrogen and oxygen atoms in total. The van der Waals surface area contributed by atoms with E-state index in [-0.39, 0.29) is 30.9 Å². The van der Waals surface area contributed by atoms with Crippen molar-refractivity contribution in [3.63, 3.8) is 0 Å². The van der Waals surface area contributed by atoms with Gasteiger partial charge in [-0.05, 0) is 54.7 Å². The van der Waals surface area contributed by atoms with Gasteiger partial charge in [0, 0.05) is 50.4 Å². The summed E-state index contributed by atoms with van der Waals surface area (Å²) in [7, 11) is 5.07. The number of hydrogen-bond donors (Lipinski definition) is 2. The largest absolute Gasteiger partial charge is 0.493 e.